The SMILES string of the molecule is CCNC(=NCc1ccc(C)cc1)NCCC(CC)N1CCCC1=O. The summed E-state index contributed by atoms with van der Waals surface area (Å²) in [7, 11) is 0. The number of likely N-dealkylation sites (tertiary alicyclic amines) is 1. The summed E-state index contributed by atoms with van der Waals surface area (Å²) in [4.78, 5) is 18.6. The van der Waals surface area contributed by atoms with E-state index in [1.807, 2.05) is 0 Å². The van der Waals surface area contributed by atoms with Crippen LogP contribution in [0, 0.1) is 6.92 Å². The van der Waals surface area contributed by atoms with E-state index in [4.69, 9.17) is 0 Å². The molecule has 2 rings (SSSR count). The van der Waals surface area contributed by atoms with Crippen molar-refractivity contribution in [2.75, 3.05) is 19.6 Å². The number of rotatable bonds is 8. The minimum atomic E-state index is 0.312. The average molecular weight is 345 g/mol. The van der Waals surface area contributed by atoms with Crippen molar-refractivity contribution in [3.05, 3.63) is 35.4 Å². The van der Waals surface area contributed by atoms with Gasteiger partial charge in [-0.15, -0.1) is 0 Å². The molecule has 138 valence electrons. The third-order valence-electron chi connectivity index (χ3n) is 4.68. The highest BCUT2D eigenvalue weighted by molar-refractivity contribution is 5.80. The molecule has 1 aliphatic rings. The zero-order valence-electron chi connectivity index (χ0n) is 15.8. The molecule has 1 atom stereocenters. The van der Waals surface area contributed by atoms with Gasteiger partial charge in [0.1, 0.15) is 0 Å². The molecule has 1 aromatic rings. The summed E-state index contributed by atoms with van der Waals surface area (Å²) in [6.45, 7) is 9.56. The second-order valence-corrected chi connectivity index (χ2v) is 6.65. The van der Waals surface area contributed by atoms with Crippen LogP contribution in [0.1, 0.15) is 50.7 Å². The topological polar surface area (TPSA) is 56.7 Å². The molecule has 25 heavy (non-hydrogen) atoms. The summed E-state index contributed by atoms with van der Waals surface area (Å²) in [5.74, 6) is 1.15. The van der Waals surface area contributed by atoms with E-state index in [9.17, 15) is 4.79 Å². The van der Waals surface area contributed by atoms with Gasteiger partial charge in [-0.1, -0.05) is 36.8 Å². The Morgan fingerprint density at radius 1 is 1.24 bits per heavy atom. The van der Waals surface area contributed by atoms with Crippen molar-refractivity contribution in [1.29, 1.82) is 0 Å². The Morgan fingerprint density at radius 2 is 2.00 bits per heavy atom. The Morgan fingerprint density at radius 3 is 2.60 bits per heavy atom. The van der Waals surface area contributed by atoms with E-state index in [0.29, 0.717) is 24.9 Å². The highest BCUT2D eigenvalue weighted by Crippen LogP contribution is 2.17. The molecule has 0 radical (unpaired) electrons. The average Bonchev–Trinajstić information content (AvgIpc) is 3.04. The maximum Gasteiger partial charge on any atom is 0.222 e. The van der Waals surface area contributed by atoms with Crippen molar-refractivity contribution in [3.8, 4) is 0 Å². The third-order valence-corrected chi connectivity index (χ3v) is 4.68. The molecular weight excluding hydrogens is 312 g/mol. The van der Waals surface area contributed by atoms with Crippen LogP contribution in [0.15, 0.2) is 29.3 Å². The van der Waals surface area contributed by atoms with Gasteiger partial charge >= 0.3 is 0 Å². The van der Waals surface area contributed by atoms with Crippen LogP contribution in [0.5, 0.6) is 0 Å². The fourth-order valence-corrected chi connectivity index (χ4v) is 3.20. The predicted molar refractivity (Wildman–Crippen MR) is 104 cm³/mol. The van der Waals surface area contributed by atoms with Gasteiger partial charge in [-0.25, -0.2) is 4.99 Å². The van der Waals surface area contributed by atoms with Gasteiger partial charge in [-0.05, 0) is 38.7 Å². The highest BCUT2D eigenvalue weighted by atomic mass is 16.2. The van der Waals surface area contributed by atoms with Crippen molar-refractivity contribution >= 4 is 11.9 Å². The molecule has 0 aromatic heterocycles. The molecule has 1 unspecified atom stereocenters. The third kappa shape index (κ3) is 6.07. The Balaban J connectivity index is 1.84. The number of amides is 1. The van der Waals surface area contributed by atoms with E-state index in [0.717, 1.165) is 44.9 Å². The summed E-state index contributed by atoms with van der Waals surface area (Å²) >= 11 is 0. The van der Waals surface area contributed by atoms with Gasteiger partial charge in [-0.2, -0.15) is 0 Å². The maximum absolute atomic E-state index is 11.9. The molecule has 2 N–H and O–H groups in total. The van der Waals surface area contributed by atoms with Crippen LogP contribution in [0.25, 0.3) is 0 Å². The number of carbonyl (C=O) groups is 1. The molecule has 0 spiro atoms. The lowest BCUT2D eigenvalue weighted by Gasteiger charge is -2.27. The minimum Gasteiger partial charge on any atom is -0.357 e. The number of hydrogen-bond donors (Lipinski definition) is 2. The van der Waals surface area contributed by atoms with Crippen LogP contribution in [-0.2, 0) is 11.3 Å². The second kappa shape index (κ2) is 10.1. The summed E-state index contributed by atoms with van der Waals surface area (Å²) in [6, 6.07) is 8.81. The number of nitrogens with one attached hydrogen (secondary N) is 2. The van der Waals surface area contributed by atoms with E-state index < -0.39 is 0 Å². The number of hydrogen-bond acceptors (Lipinski definition) is 2. The van der Waals surface area contributed by atoms with Gasteiger partial charge in [0.05, 0.1) is 6.54 Å². The van der Waals surface area contributed by atoms with Crippen LogP contribution < -0.4 is 10.6 Å². The van der Waals surface area contributed by atoms with Crippen LogP contribution in [0.4, 0.5) is 0 Å². The lowest BCUT2D eigenvalue weighted by Crippen LogP contribution is -2.42. The first kappa shape index (κ1) is 19.3. The first-order chi connectivity index (χ1) is 12.1. The Kier molecular flexibility index (Phi) is 7.76. The zero-order valence-corrected chi connectivity index (χ0v) is 15.8. The Hall–Kier alpha value is -2.04. The first-order valence-corrected chi connectivity index (χ1v) is 9.51. The molecule has 1 saturated heterocycles. The molecule has 1 fully saturated rings. The van der Waals surface area contributed by atoms with Crippen LogP contribution in [0.2, 0.25) is 0 Å². The van der Waals surface area contributed by atoms with E-state index in [1.165, 1.54) is 11.1 Å². The normalized spacial score (nSPS) is 16.2. The number of nitrogens with zero attached hydrogens (tertiary/aromatic N) is 2. The van der Waals surface area contributed by atoms with E-state index in [1.54, 1.807) is 0 Å². The summed E-state index contributed by atoms with van der Waals surface area (Å²) in [5, 5.41) is 6.70. The molecule has 1 aromatic carbocycles. The number of benzene rings is 1. The predicted octanol–water partition coefficient (Wildman–Crippen LogP) is 2.84. The largest absolute Gasteiger partial charge is 0.357 e. The molecular formula is C20H32N4O. The highest BCUT2D eigenvalue weighted by Gasteiger charge is 2.26. The van der Waals surface area contributed by atoms with Gasteiger partial charge in [0.15, 0.2) is 5.96 Å². The van der Waals surface area contributed by atoms with E-state index in [-0.39, 0.29) is 0 Å². The van der Waals surface area contributed by atoms with Crippen LogP contribution in [-0.4, -0.2) is 42.4 Å². The summed E-state index contributed by atoms with van der Waals surface area (Å²) < 4.78 is 0. The number of aryl methyl sites for hydroxylation is 1. The van der Waals surface area contributed by atoms with E-state index >= 15 is 0 Å². The Bertz CT molecular complexity index is 568. The quantitative estimate of drug-likeness (QED) is 0.563. The number of carbonyl (C=O) groups excluding carboxylic acids is 1. The molecule has 0 bridgehead atoms. The molecule has 5 heteroatoms. The zero-order chi connectivity index (χ0) is 18.1. The van der Waals surface area contributed by atoms with Gasteiger partial charge < -0.3 is 15.5 Å². The van der Waals surface area contributed by atoms with Gasteiger partial charge in [0, 0.05) is 32.1 Å². The van der Waals surface area contributed by atoms with Crippen molar-refractivity contribution in [2.24, 2.45) is 4.99 Å². The number of guanidine groups is 1. The molecule has 1 amide bonds. The number of aliphatic imine (C=N–C) groups is 1. The lowest BCUT2D eigenvalue weighted by atomic mass is 10.1. The molecule has 1 aliphatic heterocycles. The first-order valence-electron chi connectivity index (χ1n) is 9.51. The van der Waals surface area contributed by atoms with Gasteiger partial charge in [0.25, 0.3) is 0 Å². The Labute approximate surface area is 151 Å². The lowest BCUT2D eigenvalue weighted by molar-refractivity contribution is -0.129. The van der Waals surface area contributed by atoms with Crippen LogP contribution in [0.3, 0.4) is 0 Å². The maximum atomic E-state index is 11.9. The summed E-state index contributed by atoms with van der Waals surface area (Å²) in [5.41, 5.74) is 2.47. The summed E-state index contributed by atoms with van der Waals surface area (Å²) in [6.07, 6.45) is 3.68. The minimum absolute atomic E-state index is 0.312. The monoisotopic (exact) mass is 344 g/mol. The molecule has 1 heterocycles. The fraction of sp³-hybridized carbons (Fsp3) is 0.600. The smallest absolute Gasteiger partial charge is 0.222 e. The van der Waals surface area contributed by atoms with Gasteiger partial charge in [0.2, 0.25) is 5.91 Å². The molecule has 0 saturated carbocycles. The molecule has 5 nitrogen and oxygen atoms in total. The standard InChI is InChI=1S/C20H32N4O/c1-4-18(24-14-6-7-19(24)25)12-13-22-20(21-5-2)23-15-17-10-8-16(3)9-11-17/h8-11,18H,4-7,12-15H2,1-3H3,(H2,21,22,23). The molecule has 0 aliphatic carbocycles. The van der Waals surface area contributed by atoms with Crippen molar-refractivity contribution in [2.45, 2.75) is 59.0 Å². The van der Waals surface area contributed by atoms with Crippen molar-refractivity contribution < 1.29 is 4.79 Å². The van der Waals surface area contributed by atoms with Gasteiger partial charge in [-0.3, -0.25) is 4.79 Å². The fourth-order valence-electron chi connectivity index (χ4n) is 3.20. The van der Waals surface area contributed by atoms with Crippen molar-refractivity contribution in [1.82, 2.24) is 15.5 Å². The van der Waals surface area contributed by atoms with E-state index in [2.05, 4.69) is 65.6 Å². The van der Waals surface area contributed by atoms with Crippen molar-refractivity contribution in [3.63, 3.8) is 0 Å². The second-order valence-electron chi connectivity index (χ2n) is 6.65. The van der Waals surface area contributed by atoms with Crippen LogP contribution >= 0.6 is 0 Å².